The van der Waals surface area contributed by atoms with Crippen LogP contribution in [0.15, 0.2) is 18.3 Å². The Morgan fingerprint density at radius 3 is 2.92 bits per heavy atom. The number of anilines is 1. The first kappa shape index (κ1) is 9.54. The third kappa shape index (κ3) is 2.45. The summed E-state index contributed by atoms with van der Waals surface area (Å²) < 4.78 is 4.92. The second-order valence-corrected chi connectivity index (χ2v) is 2.51. The molecule has 4 N–H and O–H groups in total. The number of aromatic nitrogens is 1. The third-order valence-electron chi connectivity index (χ3n) is 1.54. The van der Waals surface area contributed by atoms with E-state index in [0.29, 0.717) is 18.1 Å². The van der Waals surface area contributed by atoms with Crippen LogP contribution in [-0.2, 0) is 0 Å². The summed E-state index contributed by atoms with van der Waals surface area (Å²) in [6, 6.07) is 1.79. The van der Waals surface area contributed by atoms with E-state index >= 15 is 0 Å². The van der Waals surface area contributed by atoms with Crippen LogP contribution in [-0.4, -0.2) is 18.6 Å². The number of methoxy groups -OCH3 is 1. The summed E-state index contributed by atoms with van der Waals surface area (Å²) in [4.78, 5) is 4.01. The summed E-state index contributed by atoms with van der Waals surface area (Å²) in [5.41, 5.74) is 12.4. The Morgan fingerprint density at radius 2 is 2.38 bits per heavy atom. The van der Waals surface area contributed by atoms with Crippen molar-refractivity contribution in [1.29, 1.82) is 0 Å². The summed E-state index contributed by atoms with van der Waals surface area (Å²) in [5.74, 6) is 0.449. The van der Waals surface area contributed by atoms with Crippen molar-refractivity contribution >= 4 is 11.8 Å². The van der Waals surface area contributed by atoms with Crippen LogP contribution in [0.2, 0.25) is 0 Å². The maximum absolute atomic E-state index is 5.65. The molecule has 0 unspecified atom stereocenters. The lowest BCUT2D eigenvalue weighted by Crippen LogP contribution is -1.96. The number of hydrogen-bond donors (Lipinski definition) is 2. The Balaban J connectivity index is 2.89. The van der Waals surface area contributed by atoms with Crippen LogP contribution >= 0.6 is 0 Å². The number of pyridine rings is 1. The molecule has 0 aliphatic carbocycles. The smallest absolute Gasteiger partial charge is 0.236 e. The van der Waals surface area contributed by atoms with Gasteiger partial charge in [-0.3, -0.25) is 0 Å². The molecule has 4 heteroatoms. The average molecular weight is 179 g/mol. The predicted molar refractivity (Wildman–Crippen MR) is 53.3 cm³/mol. The van der Waals surface area contributed by atoms with Crippen molar-refractivity contribution in [3.05, 3.63) is 23.9 Å². The molecular weight excluding hydrogens is 166 g/mol. The van der Waals surface area contributed by atoms with Crippen LogP contribution in [0.4, 0.5) is 5.69 Å². The first-order valence-electron chi connectivity index (χ1n) is 3.94. The highest BCUT2D eigenvalue weighted by Gasteiger charge is 1.99. The van der Waals surface area contributed by atoms with E-state index < -0.39 is 0 Å². The van der Waals surface area contributed by atoms with Crippen molar-refractivity contribution in [3.8, 4) is 5.88 Å². The molecule has 0 aromatic carbocycles. The van der Waals surface area contributed by atoms with Gasteiger partial charge in [-0.05, 0) is 11.6 Å². The Morgan fingerprint density at radius 1 is 1.62 bits per heavy atom. The molecule has 4 nitrogen and oxygen atoms in total. The summed E-state index contributed by atoms with van der Waals surface area (Å²) in [5, 5.41) is 0. The Hall–Kier alpha value is -1.55. The van der Waals surface area contributed by atoms with Crippen molar-refractivity contribution in [3.63, 3.8) is 0 Å². The van der Waals surface area contributed by atoms with Crippen LogP contribution in [0.25, 0.3) is 6.08 Å². The minimum absolute atomic E-state index is 0.449. The number of ether oxygens (including phenoxy) is 1. The fraction of sp³-hybridized carbons (Fsp3) is 0.222. The average Bonchev–Trinajstić information content (AvgIpc) is 2.15. The molecule has 0 amide bonds. The molecule has 0 bridgehead atoms. The summed E-state index contributed by atoms with van der Waals surface area (Å²) in [7, 11) is 1.54. The molecule has 0 radical (unpaired) electrons. The van der Waals surface area contributed by atoms with Crippen molar-refractivity contribution in [1.82, 2.24) is 4.98 Å². The van der Waals surface area contributed by atoms with Gasteiger partial charge in [0.25, 0.3) is 0 Å². The van der Waals surface area contributed by atoms with E-state index in [9.17, 15) is 0 Å². The molecule has 1 aromatic rings. The summed E-state index contributed by atoms with van der Waals surface area (Å²) >= 11 is 0. The number of hydrogen-bond acceptors (Lipinski definition) is 4. The van der Waals surface area contributed by atoms with Gasteiger partial charge in [0.05, 0.1) is 12.8 Å². The second-order valence-electron chi connectivity index (χ2n) is 2.51. The van der Waals surface area contributed by atoms with E-state index in [1.807, 2.05) is 12.2 Å². The van der Waals surface area contributed by atoms with Crippen LogP contribution < -0.4 is 16.2 Å². The maximum atomic E-state index is 5.65. The van der Waals surface area contributed by atoms with Crippen molar-refractivity contribution in [2.45, 2.75) is 0 Å². The van der Waals surface area contributed by atoms with Crippen molar-refractivity contribution in [2.24, 2.45) is 5.73 Å². The minimum Gasteiger partial charge on any atom is -0.480 e. The lowest BCUT2D eigenvalue weighted by molar-refractivity contribution is 0.400. The van der Waals surface area contributed by atoms with Gasteiger partial charge in [-0.1, -0.05) is 12.2 Å². The zero-order chi connectivity index (χ0) is 9.68. The monoisotopic (exact) mass is 179 g/mol. The fourth-order valence-corrected chi connectivity index (χ4v) is 0.952. The van der Waals surface area contributed by atoms with Gasteiger partial charge in [0, 0.05) is 12.7 Å². The molecule has 0 aliphatic rings. The molecule has 0 atom stereocenters. The molecule has 13 heavy (non-hydrogen) atoms. The van der Waals surface area contributed by atoms with Gasteiger partial charge >= 0.3 is 0 Å². The lowest BCUT2D eigenvalue weighted by atomic mass is 10.2. The fourth-order valence-electron chi connectivity index (χ4n) is 0.952. The van der Waals surface area contributed by atoms with E-state index in [1.54, 1.807) is 12.3 Å². The zero-order valence-corrected chi connectivity index (χ0v) is 7.53. The minimum atomic E-state index is 0.449. The van der Waals surface area contributed by atoms with Crippen molar-refractivity contribution < 1.29 is 4.74 Å². The van der Waals surface area contributed by atoms with E-state index in [0.717, 1.165) is 5.56 Å². The topological polar surface area (TPSA) is 74.2 Å². The van der Waals surface area contributed by atoms with Gasteiger partial charge in [-0.15, -0.1) is 0 Å². The lowest BCUT2D eigenvalue weighted by Gasteiger charge is -2.02. The standard InChI is InChI=1S/C9H13N3O/c1-13-9-8(11)5-7(6-12-9)3-2-4-10/h2-3,5-6H,4,10-11H2,1H3. The Kier molecular flexibility index (Phi) is 3.28. The van der Waals surface area contributed by atoms with Gasteiger partial charge in [0.15, 0.2) is 0 Å². The molecule has 0 saturated heterocycles. The molecule has 0 fully saturated rings. The van der Waals surface area contributed by atoms with Crippen LogP contribution in [0.5, 0.6) is 5.88 Å². The quantitative estimate of drug-likeness (QED) is 0.714. The van der Waals surface area contributed by atoms with E-state index in [1.165, 1.54) is 7.11 Å². The molecule has 1 rings (SSSR count). The van der Waals surface area contributed by atoms with Crippen molar-refractivity contribution in [2.75, 3.05) is 19.4 Å². The molecule has 0 aliphatic heterocycles. The van der Waals surface area contributed by atoms with Crippen LogP contribution in [0.1, 0.15) is 5.56 Å². The zero-order valence-electron chi connectivity index (χ0n) is 7.53. The number of nitrogens with two attached hydrogens (primary N) is 2. The van der Waals surface area contributed by atoms with Crippen LogP contribution in [0, 0.1) is 0 Å². The Bertz CT molecular complexity index is 310. The number of nitrogen functional groups attached to an aromatic ring is 1. The van der Waals surface area contributed by atoms with Gasteiger partial charge in [-0.25, -0.2) is 4.98 Å². The van der Waals surface area contributed by atoms with Gasteiger partial charge in [0.1, 0.15) is 0 Å². The molecule has 70 valence electrons. The normalized spacial score (nSPS) is 10.6. The van der Waals surface area contributed by atoms with E-state index in [-0.39, 0.29) is 0 Å². The third-order valence-corrected chi connectivity index (χ3v) is 1.54. The van der Waals surface area contributed by atoms with E-state index in [4.69, 9.17) is 16.2 Å². The molecule has 1 heterocycles. The Labute approximate surface area is 77.2 Å². The van der Waals surface area contributed by atoms with Gasteiger partial charge in [-0.2, -0.15) is 0 Å². The molecular formula is C9H13N3O. The number of rotatable bonds is 3. The highest BCUT2D eigenvalue weighted by Crippen LogP contribution is 2.18. The summed E-state index contributed by atoms with van der Waals surface area (Å²) in [6.07, 6.45) is 5.38. The first-order chi connectivity index (χ1) is 6.27. The highest BCUT2D eigenvalue weighted by atomic mass is 16.5. The summed E-state index contributed by atoms with van der Waals surface area (Å²) in [6.45, 7) is 0.506. The second kappa shape index (κ2) is 4.47. The van der Waals surface area contributed by atoms with Gasteiger partial charge in [0.2, 0.25) is 5.88 Å². The van der Waals surface area contributed by atoms with E-state index in [2.05, 4.69) is 4.98 Å². The molecule has 1 aromatic heterocycles. The SMILES string of the molecule is COc1ncc(C=CCN)cc1N. The molecule has 0 saturated carbocycles. The van der Waals surface area contributed by atoms with Gasteiger partial charge < -0.3 is 16.2 Å². The largest absolute Gasteiger partial charge is 0.480 e. The maximum Gasteiger partial charge on any atom is 0.236 e. The highest BCUT2D eigenvalue weighted by molar-refractivity contribution is 5.58. The predicted octanol–water partition coefficient (Wildman–Crippen LogP) is 0.644. The molecule has 0 spiro atoms. The first-order valence-corrected chi connectivity index (χ1v) is 3.94. The number of nitrogens with zero attached hydrogens (tertiary/aromatic N) is 1. The van der Waals surface area contributed by atoms with Crippen LogP contribution in [0.3, 0.4) is 0 Å².